The van der Waals surface area contributed by atoms with Crippen molar-refractivity contribution in [2.75, 3.05) is 19.5 Å². The standard InChI is InChI=1S/C13H16N2O2/c1-4-10-5-11(7-12(14)6-10)13(16)15-9(2)8-17-3/h1,5-7,9H,8,14H2,2-3H3,(H,15,16). The Morgan fingerprint density at radius 1 is 1.59 bits per heavy atom. The zero-order valence-electron chi connectivity index (χ0n) is 9.99. The van der Waals surface area contributed by atoms with Crippen molar-refractivity contribution in [3.63, 3.8) is 0 Å². The molecule has 1 aromatic carbocycles. The van der Waals surface area contributed by atoms with Crippen LogP contribution in [0.4, 0.5) is 5.69 Å². The first kappa shape index (κ1) is 13.1. The van der Waals surface area contributed by atoms with Gasteiger partial charge in [-0.1, -0.05) is 5.92 Å². The summed E-state index contributed by atoms with van der Waals surface area (Å²) in [6.45, 7) is 2.31. The molecule has 0 radical (unpaired) electrons. The van der Waals surface area contributed by atoms with Crippen LogP contribution < -0.4 is 11.1 Å². The van der Waals surface area contributed by atoms with Gasteiger partial charge < -0.3 is 15.8 Å². The van der Waals surface area contributed by atoms with Crippen molar-refractivity contribution in [3.05, 3.63) is 29.3 Å². The number of nitrogen functional groups attached to an aromatic ring is 1. The second kappa shape index (κ2) is 5.92. The van der Waals surface area contributed by atoms with Gasteiger partial charge in [-0.15, -0.1) is 6.42 Å². The predicted octanol–water partition coefficient (Wildman–Crippen LogP) is 1.01. The maximum Gasteiger partial charge on any atom is 0.251 e. The molecule has 0 heterocycles. The lowest BCUT2D eigenvalue weighted by Gasteiger charge is -2.13. The minimum Gasteiger partial charge on any atom is -0.399 e. The smallest absolute Gasteiger partial charge is 0.251 e. The summed E-state index contributed by atoms with van der Waals surface area (Å²) < 4.78 is 4.94. The van der Waals surface area contributed by atoms with Gasteiger partial charge in [0, 0.05) is 30.0 Å². The number of hydrogen-bond acceptors (Lipinski definition) is 3. The highest BCUT2D eigenvalue weighted by Crippen LogP contribution is 2.11. The van der Waals surface area contributed by atoms with Crippen LogP contribution in [-0.4, -0.2) is 25.7 Å². The monoisotopic (exact) mass is 232 g/mol. The van der Waals surface area contributed by atoms with Crippen molar-refractivity contribution in [2.45, 2.75) is 13.0 Å². The molecule has 0 aromatic heterocycles. The molecule has 4 heteroatoms. The first-order valence-corrected chi connectivity index (χ1v) is 5.23. The highest BCUT2D eigenvalue weighted by Gasteiger charge is 2.10. The van der Waals surface area contributed by atoms with Crippen molar-refractivity contribution in [1.82, 2.24) is 5.32 Å². The van der Waals surface area contributed by atoms with Gasteiger partial charge in [0.1, 0.15) is 0 Å². The van der Waals surface area contributed by atoms with Gasteiger partial charge in [0.2, 0.25) is 0 Å². The van der Waals surface area contributed by atoms with E-state index in [1.807, 2.05) is 6.92 Å². The fourth-order valence-electron chi connectivity index (χ4n) is 1.46. The molecule has 0 bridgehead atoms. The molecule has 0 aliphatic heterocycles. The van der Waals surface area contributed by atoms with Crippen LogP contribution >= 0.6 is 0 Å². The van der Waals surface area contributed by atoms with Crippen LogP contribution in [-0.2, 0) is 4.74 Å². The summed E-state index contributed by atoms with van der Waals surface area (Å²) in [5, 5.41) is 2.79. The summed E-state index contributed by atoms with van der Waals surface area (Å²) in [6.07, 6.45) is 5.28. The van der Waals surface area contributed by atoms with Crippen LogP contribution in [0, 0.1) is 12.3 Å². The van der Waals surface area contributed by atoms with Gasteiger partial charge in [-0.25, -0.2) is 0 Å². The Morgan fingerprint density at radius 3 is 2.88 bits per heavy atom. The lowest BCUT2D eigenvalue weighted by atomic mass is 10.1. The van der Waals surface area contributed by atoms with E-state index < -0.39 is 0 Å². The van der Waals surface area contributed by atoms with E-state index in [1.54, 1.807) is 25.3 Å². The molecule has 1 unspecified atom stereocenters. The summed E-state index contributed by atoms with van der Waals surface area (Å²) in [5.74, 6) is 2.25. The minimum atomic E-state index is -0.210. The van der Waals surface area contributed by atoms with Crippen LogP contribution in [0.15, 0.2) is 18.2 Å². The fourth-order valence-corrected chi connectivity index (χ4v) is 1.46. The number of terminal acetylenes is 1. The molecule has 0 saturated heterocycles. The van der Waals surface area contributed by atoms with Gasteiger partial charge >= 0.3 is 0 Å². The van der Waals surface area contributed by atoms with Gasteiger partial charge in [-0.05, 0) is 25.1 Å². The van der Waals surface area contributed by atoms with Crippen molar-refractivity contribution < 1.29 is 9.53 Å². The first-order valence-electron chi connectivity index (χ1n) is 5.23. The SMILES string of the molecule is C#Cc1cc(N)cc(C(=O)NC(C)COC)c1. The Bertz CT molecular complexity index is 449. The molecule has 0 spiro atoms. The highest BCUT2D eigenvalue weighted by molar-refractivity contribution is 5.95. The normalized spacial score (nSPS) is 11.6. The van der Waals surface area contributed by atoms with E-state index in [1.165, 1.54) is 0 Å². The average molecular weight is 232 g/mol. The number of ether oxygens (including phenoxy) is 1. The van der Waals surface area contributed by atoms with Gasteiger partial charge in [-0.3, -0.25) is 4.79 Å². The Labute approximate surface area is 101 Å². The number of anilines is 1. The molecular formula is C13H16N2O2. The Balaban J connectivity index is 2.82. The zero-order chi connectivity index (χ0) is 12.8. The van der Waals surface area contributed by atoms with E-state index in [9.17, 15) is 4.79 Å². The number of nitrogens with two attached hydrogens (primary N) is 1. The Morgan fingerprint density at radius 2 is 2.29 bits per heavy atom. The molecule has 17 heavy (non-hydrogen) atoms. The number of carbonyl (C=O) groups is 1. The van der Waals surface area contributed by atoms with Crippen molar-refractivity contribution in [1.29, 1.82) is 0 Å². The number of hydrogen-bond donors (Lipinski definition) is 2. The molecule has 1 aromatic rings. The van der Waals surface area contributed by atoms with Crippen LogP contribution in [0.2, 0.25) is 0 Å². The van der Waals surface area contributed by atoms with Gasteiger partial charge in [-0.2, -0.15) is 0 Å². The lowest BCUT2D eigenvalue weighted by Crippen LogP contribution is -2.35. The van der Waals surface area contributed by atoms with E-state index in [0.717, 1.165) is 0 Å². The maximum atomic E-state index is 11.9. The summed E-state index contributed by atoms with van der Waals surface area (Å²) in [7, 11) is 1.58. The molecule has 1 atom stereocenters. The molecule has 4 nitrogen and oxygen atoms in total. The second-order valence-electron chi connectivity index (χ2n) is 3.82. The third-order valence-electron chi connectivity index (χ3n) is 2.18. The van der Waals surface area contributed by atoms with Crippen molar-refractivity contribution >= 4 is 11.6 Å². The maximum absolute atomic E-state index is 11.9. The molecule has 0 saturated carbocycles. The molecule has 0 fully saturated rings. The molecule has 3 N–H and O–H groups in total. The quantitative estimate of drug-likeness (QED) is 0.601. The van der Waals surface area contributed by atoms with Crippen molar-refractivity contribution in [2.24, 2.45) is 0 Å². The van der Waals surface area contributed by atoms with Crippen LogP contribution in [0.3, 0.4) is 0 Å². The van der Waals surface area contributed by atoms with E-state index >= 15 is 0 Å². The highest BCUT2D eigenvalue weighted by atomic mass is 16.5. The topological polar surface area (TPSA) is 64.4 Å². The molecular weight excluding hydrogens is 216 g/mol. The number of benzene rings is 1. The first-order chi connectivity index (χ1) is 8.06. The molecule has 1 rings (SSSR count). The third kappa shape index (κ3) is 3.82. The van der Waals surface area contributed by atoms with Crippen LogP contribution in [0.25, 0.3) is 0 Å². The molecule has 1 amide bonds. The van der Waals surface area contributed by atoms with Gasteiger partial charge in [0.05, 0.1) is 6.61 Å². The average Bonchev–Trinajstić information content (AvgIpc) is 2.28. The summed E-state index contributed by atoms with van der Waals surface area (Å²) in [6, 6.07) is 4.80. The number of carbonyl (C=O) groups excluding carboxylic acids is 1. The Kier molecular flexibility index (Phi) is 4.56. The number of nitrogens with one attached hydrogen (secondary N) is 1. The van der Waals surface area contributed by atoms with Gasteiger partial charge in [0.25, 0.3) is 5.91 Å². The van der Waals surface area contributed by atoms with Gasteiger partial charge in [0.15, 0.2) is 0 Å². The summed E-state index contributed by atoms with van der Waals surface area (Å²) in [4.78, 5) is 11.9. The Hall–Kier alpha value is -1.99. The van der Waals surface area contributed by atoms with E-state index in [2.05, 4.69) is 11.2 Å². The number of methoxy groups -OCH3 is 1. The fraction of sp³-hybridized carbons (Fsp3) is 0.308. The molecule has 0 aliphatic rings. The van der Waals surface area contributed by atoms with E-state index in [-0.39, 0.29) is 11.9 Å². The van der Waals surface area contributed by atoms with E-state index in [0.29, 0.717) is 23.4 Å². The summed E-state index contributed by atoms with van der Waals surface area (Å²) in [5.41, 5.74) is 7.19. The van der Waals surface area contributed by atoms with Crippen LogP contribution in [0.1, 0.15) is 22.8 Å². The number of amides is 1. The minimum absolute atomic E-state index is 0.0665. The lowest BCUT2D eigenvalue weighted by molar-refractivity contribution is 0.0905. The van der Waals surface area contributed by atoms with Crippen LogP contribution in [0.5, 0.6) is 0 Å². The number of rotatable bonds is 4. The third-order valence-corrected chi connectivity index (χ3v) is 2.18. The predicted molar refractivity (Wildman–Crippen MR) is 67.6 cm³/mol. The summed E-state index contributed by atoms with van der Waals surface area (Å²) >= 11 is 0. The second-order valence-corrected chi connectivity index (χ2v) is 3.82. The largest absolute Gasteiger partial charge is 0.399 e. The zero-order valence-corrected chi connectivity index (χ0v) is 9.99. The van der Waals surface area contributed by atoms with Crippen molar-refractivity contribution in [3.8, 4) is 12.3 Å². The molecule has 90 valence electrons. The molecule has 0 aliphatic carbocycles. The van der Waals surface area contributed by atoms with E-state index in [4.69, 9.17) is 16.9 Å².